The third kappa shape index (κ3) is 5.60. The van der Waals surface area contributed by atoms with Gasteiger partial charge in [0.25, 0.3) is 0 Å². The van der Waals surface area contributed by atoms with Crippen molar-refractivity contribution in [3.8, 4) is 0 Å². The predicted molar refractivity (Wildman–Crippen MR) is 87.0 cm³/mol. The molecule has 1 unspecified atom stereocenters. The zero-order valence-corrected chi connectivity index (χ0v) is 13.9. The topological polar surface area (TPSA) is 25.8 Å². The molecule has 1 rings (SSSR count). The molecule has 2 heteroatoms. The second-order valence-corrected chi connectivity index (χ2v) is 6.35. The Morgan fingerprint density at radius 1 is 0.950 bits per heavy atom. The second-order valence-electron chi connectivity index (χ2n) is 6.35. The van der Waals surface area contributed by atoms with Crippen molar-refractivity contribution >= 4 is 0 Å². The van der Waals surface area contributed by atoms with Gasteiger partial charge in [-0.3, -0.25) is 0 Å². The SMILES string of the molecule is CCCCCCCC(C)(CCCC)c1nccc(C)n1. The molecule has 20 heavy (non-hydrogen) atoms. The molecule has 1 aromatic heterocycles. The maximum atomic E-state index is 4.70. The molecule has 1 aromatic rings. The largest absolute Gasteiger partial charge is 0.241 e. The van der Waals surface area contributed by atoms with Gasteiger partial charge in [0.1, 0.15) is 5.82 Å². The molecule has 0 radical (unpaired) electrons. The van der Waals surface area contributed by atoms with Crippen LogP contribution in [0.1, 0.15) is 90.1 Å². The Hall–Kier alpha value is -0.920. The van der Waals surface area contributed by atoms with E-state index in [1.165, 1.54) is 57.8 Å². The fourth-order valence-electron chi connectivity index (χ4n) is 2.77. The Bertz CT molecular complexity index is 375. The Morgan fingerprint density at radius 2 is 1.60 bits per heavy atom. The first-order chi connectivity index (χ1) is 9.62. The molecule has 1 heterocycles. The molecule has 0 N–H and O–H groups in total. The Balaban J connectivity index is 2.65. The zero-order chi connectivity index (χ0) is 14.8. The van der Waals surface area contributed by atoms with Gasteiger partial charge in [-0.25, -0.2) is 9.97 Å². The van der Waals surface area contributed by atoms with Gasteiger partial charge in [0.05, 0.1) is 0 Å². The highest BCUT2D eigenvalue weighted by molar-refractivity contribution is 5.09. The first-order valence-electron chi connectivity index (χ1n) is 8.42. The number of hydrogen-bond acceptors (Lipinski definition) is 2. The first-order valence-corrected chi connectivity index (χ1v) is 8.42. The van der Waals surface area contributed by atoms with E-state index >= 15 is 0 Å². The minimum absolute atomic E-state index is 0.161. The lowest BCUT2D eigenvalue weighted by Gasteiger charge is -2.28. The molecule has 0 saturated carbocycles. The number of aryl methyl sites for hydroxylation is 1. The van der Waals surface area contributed by atoms with E-state index in [2.05, 4.69) is 32.7 Å². The molecule has 0 spiro atoms. The average molecular weight is 276 g/mol. The molecule has 0 aliphatic carbocycles. The normalized spacial score (nSPS) is 14.2. The summed E-state index contributed by atoms with van der Waals surface area (Å²) in [6.07, 6.45) is 13.6. The molecule has 0 amide bonds. The first kappa shape index (κ1) is 17.1. The lowest BCUT2D eigenvalue weighted by molar-refractivity contribution is 0.348. The van der Waals surface area contributed by atoms with Crippen LogP contribution in [-0.4, -0.2) is 9.97 Å². The Labute approximate surface area is 125 Å². The molecule has 1 atom stereocenters. The minimum atomic E-state index is 0.161. The monoisotopic (exact) mass is 276 g/mol. The molecular formula is C18H32N2. The van der Waals surface area contributed by atoms with Crippen LogP contribution in [0.2, 0.25) is 0 Å². The molecule has 0 aliphatic heterocycles. The molecule has 0 fully saturated rings. The number of hydrogen-bond donors (Lipinski definition) is 0. The highest BCUT2D eigenvalue weighted by atomic mass is 14.9. The van der Waals surface area contributed by atoms with Crippen LogP contribution in [-0.2, 0) is 5.41 Å². The van der Waals surface area contributed by atoms with Gasteiger partial charge < -0.3 is 0 Å². The molecule has 0 aromatic carbocycles. The van der Waals surface area contributed by atoms with Gasteiger partial charge in [-0.05, 0) is 25.8 Å². The second kappa shape index (κ2) is 9.10. The van der Waals surface area contributed by atoms with Gasteiger partial charge in [-0.2, -0.15) is 0 Å². The highest BCUT2D eigenvalue weighted by Crippen LogP contribution is 2.33. The summed E-state index contributed by atoms with van der Waals surface area (Å²) in [4.78, 5) is 9.27. The smallest absolute Gasteiger partial charge is 0.134 e. The molecule has 2 nitrogen and oxygen atoms in total. The van der Waals surface area contributed by atoms with E-state index in [0.29, 0.717) is 0 Å². The summed E-state index contributed by atoms with van der Waals surface area (Å²) < 4.78 is 0. The van der Waals surface area contributed by atoms with Gasteiger partial charge in [-0.1, -0.05) is 65.7 Å². The van der Waals surface area contributed by atoms with Crippen LogP contribution in [0.3, 0.4) is 0 Å². The van der Waals surface area contributed by atoms with Gasteiger partial charge in [0.2, 0.25) is 0 Å². The van der Waals surface area contributed by atoms with Crippen molar-refractivity contribution < 1.29 is 0 Å². The molecule has 0 saturated heterocycles. The van der Waals surface area contributed by atoms with Crippen LogP contribution in [0.25, 0.3) is 0 Å². The Kier molecular flexibility index (Phi) is 7.79. The van der Waals surface area contributed by atoms with Crippen molar-refractivity contribution in [1.29, 1.82) is 0 Å². The van der Waals surface area contributed by atoms with Gasteiger partial charge in [-0.15, -0.1) is 0 Å². The number of aromatic nitrogens is 2. The fourth-order valence-corrected chi connectivity index (χ4v) is 2.77. The average Bonchev–Trinajstić information content (AvgIpc) is 2.45. The van der Waals surface area contributed by atoms with Crippen molar-refractivity contribution in [2.45, 2.75) is 90.9 Å². The summed E-state index contributed by atoms with van der Waals surface area (Å²) in [7, 11) is 0. The van der Waals surface area contributed by atoms with Crippen molar-refractivity contribution in [3.63, 3.8) is 0 Å². The summed E-state index contributed by atoms with van der Waals surface area (Å²) in [5, 5.41) is 0. The zero-order valence-electron chi connectivity index (χ0n) is 13.9. The lowest BCUT2D eigenvalue weighted by Crippen LogP contribution is -2.25. The summed E-state index contributed by atoms with van der Waals surface area (Å²) in [6, 6.07) is 1.99. The van der Waals surface area contributed by atoms with Gasteiger partial charge in [0, 0.05) is 17.3 Å². The highest BCUT2D eigenvalue weighted by Gasteiger charge is 2.28. The van der Waals surface area contributed by atoms with E-state index in [0.717, 1.165) is 11.5 Å². The summed E-state index contributed by atoms with van der Waals surface area (Å²) in [5.41, 5.74) is 1.25. The van der Waals surface area contributed by atoms with Crippen LogP contribution < -0.4 is 0 Å². The standard InChI is InChI=1S/C18H32N2/c1-5-7-9-10-11-14-18(4,13-8-6-2)17-19-15-12-16(3)20-17/h12,15H,5-11,13-14H2,1-4H3. The molecular weight excluding hydrogens is 244 g/mol. The van der Waals surface area contributed by atoms with Gasteiger partial charge in [0.15, 0.2) is 0 Å². The molecule has 114 valence electrons. The number of rotatable bonds is 10. The minimum Gasteiger partial charge on any atom is -0.241 e. The number of unbranched alkanes of at least 4 members (excludes halogenated alkanes) is 5. The van der Waals surface area contributed by atoms with E-state index in [-0.39, 0.29) is 5.41 Å². The van der Waals surface area contributed by atoms with Crippen molar-refractivity contribution in [2.75, 3.05) is 0 Å². The predicted octanol–water partition coefficient (Wildman–Crippen LogP) is 5.59. The van der Waals surface area contributed by atoms with Crippen LogP contribution in [0, 0.1) is 6.92 Å². The summed E-state index contributed by atoms with van der Waals surface area (Å²) in [5.74, 6) is 1.06. The van der Waals surface area contributed by atoms with Crippen molar-refractivity contribution in [2.24, 2.45) is 0 Å². The van der Waals surface area contributed by atoms with E-state index in [9.17, 15) is 0 Å². The van der Waals surface area contributed by atoms with E-state index in [1.54, 1.807) is 0 Å². The molecule has 0 bridgehead atoms. The summed E-state index contributed by atoms with van der Waals surface area (Å²) >= 11 is 0. The van der Waals surface area contributed by atoms with Crippen LogP contribution in [0.4, 0.5) is 0 Å². The quantitative estimate of drug-likeness (QED) is 0.520. The van der Waals surface area contributed by atoms with Crippen molar-refractivity contribution in [3.05, 3.63) is 23.8 Å². The third-order valence-electron chi connectivity index (χ3n) is 4.25. The summed E-state index contributed by atoms with van der Waals surface area (Å²) in [6.45, 7) is 8.95. The van der Waals surface area contributed by atoms with E-state index < -0.39 is 0 Å². The third-order valence-corrected chi connectivity index (χ3v) is 4.25. The van der Waals surface area contributed by atoms with Crippen LogP contribution >= 0.6 is 0 Å². The van der Waals surface area contributed by atoms with Crippen molar-refractivity contribution in [1.82, 2.24) is 9.97 Å². The lowest BCUT2D eigenvalue weighted by atomic mass is 9.79. The van der Waals surface area contributed by atoms with Crippen LogP contribution in [0.15, 0.2) is 12.3 Å². The van der Waals surface area contributed by atoms with E-state index in [1.807, 2.05) is 12.3 Å². The maximum absolute atomic E-state index is 4.70. The fraction of sp³-hybridized carbons (Fsp3) is 0.778. The number of nitrogens with zero attached hydrogens (tertiary/aromatic N) is 2. The Morgan fingerprint density at radius 3 is 2.25 bits per heavy atom. The van der Waals surface area contributed by atoms with Gasteiger partial charge >= 0.3 is 0 Å². The maximum Gasteiger partial charge on any atom is 0.134 e. The van der Waals surface area contributed by atoms with E-state index in [4.69, 9.17) is 4.98 Å². The molecule has 0 aliphatic rings. The van der Waals surface area contributed by atoms with Crippen LogP contribution in [0.5, 0.6) is 0 Å².